The van der Waals surface area contributed by atoms with E-state index in [1.807, 2.05) is 12.1 Å². The molecule has 0 unspecified atom stereocenters. The molecule has 1 aliphatic rings. The van der Waals surface area contributed by atoms with Gasteiger partial charge in [-0.25, -0.2) is 13.9 Å². The third-order valence-electron chi connectivity index (χ3n) is 5.29. The van der Waals surface area contributed by atoms with Crippen molar-refractivity contribution in [2.75, 3.05) is 11.1 Å². The van der Waals surface area contributed by atoms with Crippen LogP contribution >= 0.6 is 11.3 Å². The molecular weight excluding hydrogens is 426 g/mol. The number of hydrogen-bond acceptors (Lipinski definition) is 7. The first-order chi connectivity index (χ1) is 14.2. The Hall–Kier alpha value is -2.27. The number of benzene rings is 1. The van der Waals surface area contributed by atoms with E-state index < -0.39 is 26.5 Å². The van der Waals surface area contributed by atoms with E-state index in [0.717, 1.165) is 10.4 Å². The maximum Gasteiger partial charge on any atom is 0.245 e. The number of nitrogens with one attached hydrogen (secondary N) is 2. The molecule has 1 aromatic carbocycles. The summed E-state index contributed by atoms with van der Waals surface area (Å²) in [4.78, 5) is 25.2. The fourth-order valence-electron chi connectivity index (χ4n) is 3.66. The third-order valence-corrected chi connectivity index (χ3v) is 9.35. The lowest BCUT2D eigenvalue weighted by molar-refractivity contribution is -0.130. The summed E-state index contributed by atoms with van der Waals surface area (Å²) < 4.78 is 24.7. The largest absolute Gasteiger partial charge is 0.325 e. The van der Waals surface area contributed by atoms with Crippen molar-refractivity contribution in [3.05, 3.63) is 41.3 Å². The third kappa shape index (κ3) is 4.41. The van der Waals surface area contributed by atoms with Crippen LogP contribution in [0.1, 0.15) is 37.5 Å². The molecule has 5 N–H and O–H groups in total. The lowest BCUT2D eigenvalue weighted by Gasteiger charge is -2.35. The predicted molar refractivity (Wildman–Crippen MR) is 116 cm³/mol. The maximum absolute atomic E-state index is 13.0. The Morgan fingerprint density at radius 2 is 2.03 bits per heavy atom. The van der Waals surface area contributed by atoms with E-state index in [2.05, 4.69) is 5.32 Å². The zero-order chi connectivity index (χ0) is 21.9. The van der Waals surface area contributed by atoms with Crippen molar-refractivity contribution in [1.82, 2.24) is 5.48 Å². The second-order valence-electron chi connectivity index (χ2n) is 7.50. The first kappa shape index (κ1) is 22.4. The molecule has 30 heavy (non-hydrogen) atoms. The maximum atomic E-state index is 13.0. The van der Waals surface area contributed by atoms with Crippen molar-refractivity contribution in [3.63, 3.8) is 0 Å². The normalized spacial score (nSPS) is 21.6. The first-order valence-electron chi connectivity index (χ1n) is 9.61. The molecule has 2 aromatic rings. The molecule has 0 spiro atoms. The fraction of sp³-hybridized carbons (Fsp3) is 0.400. The Kier molecular flexibility index (Phi) is 6.61. The molecule has 2 amide bonds. The smallest absolute Gasteiger partial charge is 0.245 e. The molecule has 1 fully saturated rings. The van der Waals surface area contributed by atoms with Gasteiger partial charge in [-0.15, -0.1) is 11.3 Å². The summed E-state index contributed by atoms with van der Waals surface area (Å²) in [5.74, 6) is -1.02. The van der Waals surface area contributed by atoms with E-state index >= 15 is 0 Å². The van der Waals surface area contributed by atoms with Crippen molar-refractivity contribution in [1.29, 1.82) is 0 Å². The van der Waals surface area contributed by atoms with Gasteiger partial charge in [0, 0.05) is 15.4 Å². The number of amides is 2. The van der Waals surface area contributed by atoms with E-state index in [-0.39, 0.29) is 18.1 Å². The van der Waals surface area contributed by atoms with E-state index in [1.165, 1.54) is 11.3 Å². The lowest BCUT2D eigenvalue weighted by atomic mass is 9.94. The van der Waals surface area contributed by atoms with Gasteiger partial charge in [0.15, 0.2) is 9.84 Å². The van der Waals surface area contributed by atoms with Gasteiger partial charge in [0.1, 0.15) is 4.75 Å². The number of carbonyl (C=O) groups excluding carboxylic acids is 2. The van der Waals surface area contributed by atoms with Crippen LogP contribution in [-0.2, 0) is 24.2 Å². The Labute approximate surface area is 179 Å². The van der Waals surface area contributed by atoms with Gasteiger partial charge in [0.05, 0.1) is 18.2 Å². The van der Waals surface area contributed by atoms with Gasteiger partial charge < -0.3 is 11.1 Å². The standard InChI is InChI=1S/C20H25N3O5S2/c1-13(21)19(25)22-15-6-4-5-14(11-15)16-7-8-17(29-16)20(12-18(24)23-26)9-2-3-10-30(20,27)28/h4-8,11,13,26H,2-3,9-10,12,21H2,1H3,(H,22,25)(H,23,24)/t13-,20+/m1/s1. The van der Waals surface area contributed by atoms with Crippen LogP contribution in [0.3, 0.4) is 0 Å². The van der Waals surface area contributed by atoms with E-state index in [0.29, 0.717) is 29.8 Å². The number of hydrogen-bond donors (Lipinski definition) is 4. The molecule has 1 aliphatic heterocycles. The molecule has 8 nitrogen and oxygen atoms in total. The van der Waals surface area contributed by atoms with Crippen molar-refractivity contribution in [3.8, 4) is 10.4 Å². The number of nitrogens with two attached hydrogens (primary N) is 1. The van der Waals surface area contributed by atoms with Gasteiger partial charge in [-0.05, 0) is 49.6 Å². The second kappa shape index (κ2) is 8.84. The monoisotopic (exact) mass is 451 g/mol. The Morgan fingerprint density at radius 3 is 2.70 bits per heavy atom. The summed E-state index contributed by atoms with van der Waals surface area (Å²) in [6, 6.07) is 10.1. The average Bonchev–Trinajstić information content (AvgIpc) is 3.20. The zero-order valence-electron chi connectivity index (χ0n) is 16.6. The summed E-state index contributed by atoms with van der Waals surface area (Å²) in [5, 5.41) is 11.7. The molecule has 1 saturated heterocycles. The van der Waals surface area contributed by atoms with Crippen LogP contribution < -0.4 is 16.5 Å². The van der Waals surface area contributed by atoms with Crippen molar-refractivity contribution < 1.29 is 23.2 Å². The zero-order valence-corrected chi connectivity index (χ0v) is 18.2. The van der Waals surface area contributed by atoms with Crippen LogP contribution in [-0.4, -0.2) is 37.2 Å². The number of anilines is 1. The van der Waals surface area contributed by atoms with Gasteiger partial charge >= 0.3 is 0 Å². The highest BCUT2D eigenvalue weighted by molar-refractivity contribution is 7.92. The van der Waals surface area contributed by atoms with Crippen LogP contribution in [0.15, 0.2) is 36.4 Å². The highest BCUT2D eigenvalue weighted by Crippen LogP contribution is 2.47. The van der Waals surface area contributed by atoms with Gasteiger partial charge in [0.25, 0.3) is 0 Å². The summed E-state index contributed by atoms with van der Waals surface area (Å²) in [6.45, 7) is 1.59. The molecule has 0 bridgehead atoms. The molecule has 2 atom stereocenters. The summed E-state index contributed by atoms with van der Waals surface area (Å²) in [7, 11) is -3.58. The minimum Gasteiger partial charge on any atom is -0.325 e. The van der Waals surface area contributed by atoms with Gasteiger partial charge in [-0.1, -0.05) is 18.6 Å². The minimum absolute atomic E-state index is 0.0116. The van der Waals surface area contributed by atoms with Crippen LogP contribution in [0.2, 0.25) is 0 Å². The molecule has 0 radical (unpaired) electrons. The Balaban J connectivity index is 1.97. The number of sulfone groups is 1. The highest BCUT2D eigenvalue weighted by atomic mass is 32.2. The molecular formula is C20H25N3O5S2. The van der Waals surface area contributed by atoms with E-state index in [9.17, 15) is 18.0 Å². The SMILES string of the molecule is C[C@@H](N)C(=O)Nc1cccc(-c2ccc([C@@]3(CC(=O)NO)CCCCS3(=O)=O)s2)c1. The fourth-order valence-corrected chi connectivity index (χ4v) is 7.43. The molecule has 0 aliphatic carbocycles. The van der Waals surface area contributed by atoms with Crippen LogP contribution in [0.5, 0.6) is 0 Å². The quantitative estimate of drug-likeness (QED) is 0.393. The molecule has 3 rings (SSSR count). The van der Waals surface area contributed by atoms with Gasteiger partial charge in [-0.2, -0.15) is 0 Å². The Morgan fingerprint density at radius 1 is 1.27 bits per heavy atom. The predicted octanol–water partition coefficient (Wildman–Crippen LogP) is 2.39. The molecule has 2 heterocycles. The first-order valence-corrected chi connectivity index (χ1v) is 12.1. The van der Waals surface area contributed by atoms with Crippen molar-refractivity contribution in [2.45, 2.75) is 43.4 Å². The van der Waals surface area contributed by atoms with E-state index in [1.54, 1.807) is 36.7 Å². The topological polar surface area (TPSA) is 139 Å². The number of thiophene rings is 1. The molecule has 162 valence electrons. The highest BCUT2D eigenvalue weighted by Gasteiger charge is 2.49. The summed E-state index contributed by atoms with van der Waals surface area (Å²) in [6.07, 6.45) is 1.25. The van der Waals surface area contributed by atoms with Crippen molar-refractivity contribution >= 4 is 38.7 Å². The molecule has 1 aromatic heterocycles. The van der Waals surface area contributed by atoms with Crippen LogP contribution in [0.4, 0.5) is 5.69 Å². The average molecular weight is 452 g/mol. The summed E-state index contributed by atoms with van der Waals surface area (Å²) >= 11 is 1.30. The van der Waals surface area contributed by atoms with Gasteiger partial charge in [-0.3, -0.25) is 14.8 Å². The van der Waals surface area contributed by atoms with E-state index in [4.69, 9.17) is 10.9 Å². The van der Waals surface area contributed by atoms with Crippen molar-refractivity contribution in [2.24, 2.45) is 5.73 Å². The second-order valence-corrected chi connectivity index (χ2v) is 11.0. The molecule has 10 heteroatoms. The van der Waals surface area contributed by atoms with Crippen LogP contribution in [0.25, 0.3) is 10.4 Å². The molecule has 0 saturated carbocycles. The Bertz CT molecular complexity index is 1050. The number of hydroxylamine groups is 1. The lowest BCUT2D eigenvalue weighted by Crippen LogP contribution is -2.43. The number of rotatable bonds is 6. The summed E-state index contributed by atoms with van der Waals surface area (Å²) in [5.41, 5.74) is 8.56. The minimum atomic E-state index is -3.58. The number of carbonyl (C=O) groups is 2. The van der Waals surface area contributed by atoms with Gasteiger partial charge in [0.2, 0.25) is 11.8 Å². The van der Waals surface area contributed by atoms with Crippen LogP contribution in [0, 0.1) is 0 Å².